The summed E-state index contributed by atoms with van der Waals surface area (Å²) in [5, 5.41) is 0.701. The van der Waals surface area contributed by atoms with Crippen molar-refractivity contribution >= 4 is 28.5 Å². The van der Waals surface area contributed by atoms with Crippen LogP contribution in [0.15, 0.2) is 72.8 Å². The zero-order chi connectivity index (χ0) is 21.2. The lowest BCUT2D eigenvalue weighted by atomic mass is 10.0. The second-order valence-electron chi connectivity index (χ2n) is 7.86. The van der Waals surface area contributed by atoms with Gasteiger partial charge in [-0.15, -0.1) is 0 Å². The highest BCUT2D eigenvalue weighted by Crippen LogP contribution is 2.21. The number of halogens is 1. The standard InChI is InChI=1S/C25H23ClN4O/c26-21-10-11-22-23(16-21)28-24(27-22)17-29-12-14-30(15-13-29)25(31)20-8-6-19(7-9-20)18-4-2-1-3-5-18/h1-11,16H,12-15,17H2,(H,27,28). The summed E-state index contributed by atoms with van der Waals surface area (Å²) in [6.45, 7) is 3.81. The van der Waals surface area contributed by atoms with Gasteiger partial charge in [-0.3, -0.25) is 9.69 Å². The molecule has 156 valence electrons. The minimum absolute atomic E-state index is 0.0950. The normalized spacial score (nSPS) is 14.8. The van der Waals surface area contributed by atoms with Gasteiger partial charge in [-0.05, 0) is 41.5 Å². The van der Waals surface area contributed by atoms with Gasteiger partial charge in [-0.25, -0.2) is 4.98 Å². The minimum Gasteiger partial charge on any atom is -0.341 e. The number of piperazine rings is 1. The summed E-state index contributed by atoms with van der Waals surface area (Å²) < 4.78 is 0. The summed E-state index contributed by atoms with van der Waals surface area (Å²) >= 11 is 6.06. The first kappa shape index (κ1) is 19.8. The van der Waals surface area contributed by atoms with Crippen LogP contribution < -0.4 is 0 Å². The van der Waals surface area contributed by atoms with Crippen LogP contribution >= 0.6 is 11.6 Å². The molecule has 4 aromatic rings. The number of imidazole rings is 1. The smallest absolute Gasteiger partial charge is 0.253 e. The number of carbonyl (C=O) groups is 1. The number of hydrogen-bond donors (Lipinski definition) is 1. The summed E-state index contributed by atoms with van der Waals surface area (Å²) in [7, 11) is 0. The van der Waals surface area contributed by atoms with E-state index in [1.54, 1.807) is 0 Å². The fraction of sp³-hybridized carbons (Fsp3) is 0.200. The molecule has 5 nitrogen and oxygen atoms in total. The highest BCUT2D eigenvalue weighted by atomic mass is 35.5. The fourth-order valence-corrected chi connectivity index (χ4v) is 4.22. The van der Waals surface area contributed by atoms with Crippen LogP contribution in [0.4, 0.5) is 0 Å². The number of hydrogen-bond acceptors (Lipinski definition) is 3. The lowest BCUT2D eigenvalue weighted by Gasteiger charge is -2.34. The van der Waals surface area contributed by atoms with E-state index >= 15 is 0 Å². The summed E-state index contributed by atoms with van der Waals surface area (Å²) in [5.41, 5.74) is 4.89. The number of amides is 1. The molecule has 0 atom stereocenters. The van der Waals surface area contributed by atoms with E-state index in [-0.39, 0.29) is 5.91 Å². The molecule has 6 heteroatoms. The van der Waals surface area contributed by atoms with Crippen LogP contribution in [0.2, 0.25) is 5.02 Å². The minimum atomic E-state index is 0.0950. The molecule has 1 N–H and O–H groups in total. The zero-order valence-corrected chi connectivity index (χ0v) is 17.8. The number of nitrogens with one attached hydrogen (secondary N) is 1. The largest absolute Gasteiger partial charge is 0.341 e. The summed E-state index contributed by atoms with van der Waals surface area (Å²) in [5.74, 6) is 1.02. The van der Waals surface area contributed by atoms with Crippen LogP contribution in [0, 0.1) is 0 Å². The van der Waals surface area contributed by atoms with Crippen molar-refractivity contribution in [2.24, 2.45) is 0 Å². The topological polar surface area (TPSA) is 52.2 Å². The number of nitrogens with zero attached hydrogens (tertiary/aromatic N) is 3. The molecule has 5 rings (SSSR count). The van der Waals surface area contributed by atoms with Gasteiger partial charge < -0.3 is 9.88 Å². The number of rotatable bonds is 4. The zero-order valence-electron chi connectivity index (χ0n) is 17.1. The van der Waals surface area contributed by atoms with Gasteiger partial charge >= 0.3 is 0 Å². The van der Waals surface area contributed by atoms with Crippen LogP contribution in [0.3, 0.4) is 0 Å². The van der Waals surface area contributed by atoms with Crippen molar-refractivity contribution in [3.63, 3.8) is 0 Å². The third-order valence-electron chi connectivity index (χ3n) is 5.76. The van der Waals surface area contributed by atoms with Gasteiger partial charge in [0.15, 0.2) is 0 Å². The van der Waals surface area contributed by atoms with Gasteiger partial charge in [-0.1, -0.05) is 54.1 Å². The summed E-state index contributed by atoms with van der Waals surface area (Å²) in [4.78, 5) is 25.2. The lowest BCUT2D eigenvalue weighted by Crippen LogP contribution is -2.48. The van der Waals surface area contributed by atoms with Crippen LogP contribution in [-0.4, -0.2) is 51.9 Å². The molecular formula is C25H23ClN4O. The first-order valence-electron chi connectivity index (χ1n) is 10.5. The predicted molar refractivity (Wildman–Crippen MR) is 124 cm³/mol. The van der Waals surface area contributed by atoms with E-state index < -0.39 is 0 Å². The second kappa shape index (κ2) is 8.53. The van der Waals surface area contributed by atoms with E-state index in [9.17, 15) is 4.79 Å². The molecule has 0 spiro atoms. The molecule has 1 fully saturated rings. The third-order valence-corrected chi connectivity index (χ3v) is 6.00. The van der Waals surface area contributed by atoms with Gasteiger partial charge in [0.2, 0.25) is 0 Å². The molecule has 0 bridgehead atoms. The maximum Gasteiger partial charge on any atom is 0.253 e. The number of benzene rings is 3. The van der Waals surface area contributed by atoms with Crippen molar-refractivity contribution in [2.75, 3.05) is 26.2 Å². The Morgan fingerprint density at radius 3 is 2.35 bits per heavy atom. The van der Waals surface area contributed by atoms with Crippen molar-refractivity contribution in [1.82, 2.24) is 19.8 Å². The number of aromatic nitrogens is 2. The van der Waals surface area contributed by atoms with Crippen LogP contribution in [0.5, 0.6) is 0 Å². The van der Waals surface area contributed by atoms with Gasteiger partial charge in [-0.2, -0.15) is 0 Å². The van der Waals surface area contributed by atoms with Crippen LogP contribution in [0.25, 0.3) is 22.2 Å². The fourth-order valence-electron chi connectivity index (χ4n) is 4.05. The van der Waals surface area contributed by atoms with Gasteiger partial charge in [0.1, 0.15) is 5.82 Å². The van der Waals surface area contributed by atoms with Crippen molar-refractivity contribution < 1.29 is 4.79 Å². The Balaban J connectivity index is 1.19. The van der Waals surface area contributed by atoms with Gasteiger partial charge in [0.25, 0.3) is 5.91 Å². The molecule has 0 saturated carbocycles. The van der Waals surface area contributed by atoms with Crippen molar-refractivity contribution in [3.8, 4) is 11.1 Å². The Labute approximate surface area is 186 Å². The molecule has 0 unspecified atom stereocenters. The van der Waals surface area contributed by atoms with Gasteiger partial charge in [0, 0.05) is 36.8 Å². The molecule has 3 aromatic carbocycles. The Morgan fingerprint density at radius 1 is 0.903 bits per heavy atom. The van der Waals surface area contributed by atoms with Crippen molar-refractivity contribution in [2.45, 2.75) is 6.54 Å². The summed E-state index contributed by atoms with van der Waals surface area (Å²) in [6.07, 6.45) is 0. The van der Waals surface area contributed by atoms with E-state index in [2.05, 4.69) is 27.0 Å². The number of carbonyl (C=O) groups excluding carboxylic acids is 1. The third kappa shape index (κ3) is 4.33. The quantitative estimate of drug-likeness (QED) is 0.504. The molecule has 1 aliphatic heterocycles. The van der Waals surface area contributed by atoms with Crippen molar-refractivity contribution in [3.05, 3.63) is 89.2 Å². The maximum atomic E-state index is 12.9. The van der Waals surface area contributed by atoms with Gasteiger partial charge in [0.05, 0.1) is 17.6 Å². The monoisotopic (exact) mass is 430 g/mol. The average Bonchev–Trinajstić information content (AvgIpc) is 3.21. The SMILES string of the molecule is O=C(c1ccc(-c2ccccc2)cc1)N1CCN(Cc2nc3ccc(Cl)cc3[nH]2)CC1. The Kier molecular flexibility index (Phi) is 5.45. The molecule has 0 aliphatic carbocycles. The number of H-pyrrole nitrogens is 1. The molecule has 1 amide bonds. The Hall–Kier alpha value is -3.15. The van der Waals surface area contributed by atoms with Crippen LogP contribution in [-0.2, 0) is 6.54 Å². The Bertz CT molecular complexity index is 1200. The average molecular weight is 431 g/mol. The highest BCUT2D eigenvalue weighted by Gasteiger charge is 2.23. The highest BCUT2D eigenvalue weighted by molar-refractivity contribution is 6.31. The second-order valence-corrected chi connectivity index (χ2v) is 8.29. The molecular weight excluding hydrogens is 408 g/mol. The Morgan fingerprint density at radius 2 is 1.61 bits per heavy atom. The van der Waals surface area contributed by atoms with E-state index in [0.29, 0.717) is 18.1 Å². The first-order valence-corrected chi connectivity index (χ1v) is 10.8. The van der Waals surface area contributed by atoms with Crippen LogP contribution in [0.1, 0.15) is 16.2 Å². The molecule has 1 aliphatic rings. The lowest BCUT2D eigenvalue weighted by molar-refractivity contribution is 0.0626. The predicted octanol–water partition coefficient (Wildman–Crippen LogP) is 4.84. The first-order chi connectivity index (χ1) is 15.2. The molecule has 1 saturated heterocycles. The van der Waals surface area contributed by atoms with E-state index in [1.165, 1.54) is 0 Å². The summed E-state index contributed by atoms with van der Waals surface area (Å²) in [6, 6.07) is 23.8. The number of aromatic amines is 1. The van der Waals surface area contributed by atoms with E-state index in [0.717, 1.165) is 53.2 Å². The molecule has 2 heterocycles. The maximum absolute atomic E-state index is 12.9. The van der Waals surface area contributed by atoms with E-state index in [1.807, 2.05) is 65.6 Å². The number of fused-ring (bicyclic) bond motifs is 1. The van der Waals surface area contributed by atoms with E-state index in [4.69, 9.17) is 11.6 Å². The molecule has 1 aromatic heterocycles. The molecule has 0 radical (unpaired) electrons. The molecule has 31 heavy (non-hydrogen) atoms. The van der Waals surface area contributed by atoms with Crippen molar-refractivity contribution in [1.29, 1.82) is 0 Å².